The fourth-order valence-corrected chi connectivity index (χ4v) is 13.1. The average Bonchev–Trinajstić information content (AvgIpc) is 1.00. The van der Waals surface area contributed by atoms with Crippen molar-refractivity contribution in [3.05, 3.63) is 300 Å². The Balaban J connectivity index is 0.000000193. The molecular formula is C81H49N19O26S4. The Bertz CT molecular complexity index is 6920. The highest BCUT2D eigenvalue weighted by Gasteiger charge is 2.26. The number of pyridine rings is 2. The van der Waals surface area contributed by atoms with Crippen molar-refractivity contribution >= 4 is 166 Å². The molecule has 45 nitrogen and oxygen atoms in total. The van der Waals surface area contributed by atoms with Crippen molar-refractivity contribution in [2.24, 2.45) is 0 Å². The van der Waals surface area contributed by atoms with Crippen LogP contribution in [0.4, 0.5) is 34.1 Å². The number of nitro groups is 6. The predicted octanol–water partition coefficient (Wildman–Crippen LogP) is 15.6. The summed E-state index contributed by atoms with van der Waals surface area (Å²) in [5, 5.41) is 238. The normalized spacial score (nSPS) is 11.0. The smallest absolute Gasteiger partial charge is 0.355 e. The van der Waals surface area contributed by atoms with Gasteiger partial charge in [-0.1, -0.05) is 24.3 Å². The summed E-state index contributed by atoms with van der Waals surface area (Å²) in [7, 11) is 1.23. The van der Waals surface area contributed by atoms with E-state index in [2.05, 4.69) is 34.3 Å². The van der Waals surface area contributed by atoms with Crippen molar-refractivity contribution in [3.8, 4) is 105 Å². The number of rotatable bonds is 20. The molecule has 6 heterocycles. The first-order valence-corrected chi connectivity index (χ1v) is 38.1. The van der Waals surface area contributed by atoms with Gasteiger partial charge in [-0.3, -0.25) is 70.7 Å². The summed E-state index contributed by atoms with van der Waals surface area (Å²) in [6.45, 7) is 0. The minimum Gasteiger partial charge on any atom is -0.504 e. The van der Waals surface area contributed by atoms with Gasteiger partial charge in [0.25, 0.3) is 0 Å². The van der Waals surface area contributed by atoms with Gasteiger partial charge in [0.1, 0.15) is 57.8 Å². The molecule has 130 heavy (non-hydrogen) atoms. The lowest BCUT2D eigenvalue weighted by Gasteiger charge is -2.06. The molecule has 0 aliphatic heterocycles. The number of ether oxygens (including phenoxy) is 1. The molecule has 0 saturated carbocycles. The van der Waals surface area contributed by atoms with Crippen molar-refractivity contribution in [1.82, 2.24) is 34.3 Å². The summed E-state index contributed by atoms with van der Waals surface area (Å²) < 4.78 is 9.48. The number of aromatic hydroxyl groups is 11. The largest absolute Gasteiger partial charge is 0.504 e. The highest BCUT2D eigenvalue weighted by molar-refractivity contribution is 7.19. The minimum absolute atomic E-state index is 0.0399. The van der Waals surface area contributed by atoms with E-state index in [0.29, 0.717) is 32.0 Å². The van der Waals surface area contributed by atoms with Crippen molar-refractivity contribution in [2.75, 3.05) is 7.11 Å². The number of aromatic nitrogens is 7. The van der Waals surface area contributed by atoms with Crippen LogP contribution in [0.2, 0.25) is 0 Å². The maximum Gasteiger partial charge on any atom is 0.355 e. The fourth-order valence-electron chi connectivity index (χ4n) is 10.4. The van der Waals surface area contributed by atoms with E-state index in [-0.39, 0.29) is 89.1 Å². The molecule has 13 aromatic rings. The zero-order valence-corrected chi connectivity index (χ0v) is 68.1. The van der Waals surface area contributed by atoms with Gasteiger partial charge in [0.2, 0.25) is 34.5 Å². The van der Waals surface area contributed by atoms with Crippen LogP contribution in [0.1, 0.15) is 75.3 Å². The van der Waals surface area contributed by atoms with Crippen molar-refractivity contribution < 1.29 is 100 Å². The standard InChI is InChI=1S/C16H9N3O4S.C15H11N3O4.C14H9N3O4.C13H7N3O6S.C12H7N3O4S.C11H6N4O4S/c17-8-10(16-18-11-3-1-2-4-14(11)24-16)5-9-6-12(19(22)23)15(21)13(20)7-9;1-22-15-13(18(20)21)7-10(8-14(15)19)6-11(9-16)12-4-2-3-5-17-12;15-8-10(11-3-1-2-4-16-11)5-9-6-12(17(20)21)14(19)13(18)7-9;14-4-7(12-15-8(5-23-12)13(19)20)1-6-2-9(16(21)22)11(18)10(17)3-6;13-6-8(12-14-1-2-20-12)3-7-4-9(15(18)19)11(17)10(16)5-7;12-4-7(11-13-5-14-20-11)1-6-2-8(15(18)19)10(17)9(16)3-6/h1-7,20-21H;2-8,19H,1H3;1-7,18-19H;1-3,5,17-18H,(H,19,20);1-5,16-17H;1-3,5,16-17H/b10-5+;11-6+;10-5+;7-1+;8-3+;7-1+. The molecule has 0 atom stereocenters. The summed E-state index contributed by atoms with van der Waals surface area (Å²) in [5.41, 5.74) is -0.181. The first-order valence-electron chi connectivity index (χ1n) is 34.8. The molecule has 0 fully saturated rings. The number of carbonyl (C=O) groups is 1. The zero-order valence-electron chi connectivity index (χ0n) is 64.8. The number of carboxylic acid groups (broad SMARTS) is 1. The summed E-state index contributed by atoms with van der Waals surface area (Å²) in [4.78, 5) is 95.0. The van der Waals surface area contributed by atoms with E-state index in [4.69, 9.17) is 30.9 Å². The molecule has 6 aromatic heterocycles. The number of thiazole rings is 3. The summed E-state index contributed by atoms with van der Waals surface area (Å²) >= 11 is 4.48. The lowest BCUT2D eigenvalue weighted by molar-refractivity contribution is -0.386. The Labute approximate surface area is 740 Å². The molecule has 12 N–H and O–H groups in total. The number of para-hydroxylation sites is 1. The third-order valence-corrected chi connectivity index (χ3v) is 19.6. The van der Waals surface area contributed by atoms with E-state index in [9.17, 15) is 132 Å². The Morgan fingerprint density at radius 1 is 0.377 bits per heavy atom. The summed E-state index contributed by atoms with van der Waals surface area (Å²) in [6, 6.07) is 42.3. The molecule has 0 aliphatic carbocycles. The first-order chi connectivity index (χ1) is 62.0. The van der Waals surface area contributed by atoms with Gasteiger partial charge in [0.05, 0.1) is 91.7 Å². The van der Waals surface area contributed by atoms with Crippen LogP contribution in [0, 0.1) is 129 Å². The molecule has 0 aliphatic rings. The number of phenolic OH excluding ortho intramolecular Hbond substituents is 11. The number of hydrogen-bond donors (Lipinski definition) is 12. The number of aromatic carboxylic acids is 1. The van der Waals surface area contributed by atoms with Crippen LogP contribution in [0.5, 0.6) is 69.0 Å². The molecule has 0 bridgehead atoms. The van der Waals surface area contributed by atoms with Gasteiger partial charge < -0.3 is 66.0 Å². The lowest BCUT2D eigenvalue weighted by atomic mass is 10.1. The fraction of sp³-hybridized carbons (Fsp3) is 0.0123. The van der Waals surface area contributed by atoms with Crippen LogP contribution >= 0.6 is 45.5 Å². The average molecular weight is 1830 g/mol. The van der Waals surface area contributed by atoms with Gasteiger partial charge in [0.15, 0.2) is 45.2 Å². The van der Waals surface area contributed by atoms with Crippen molar-refractivity contribution in [1.29, 1.82) is 31.6 Å². The van der Waals surface area contributed by atoms with E-state index < -0.39 is 121 Å². The van der Waals surface area contributed by atoms with E-state index >= 15 is 0 Å². The highest BCUT2D eigenvalue weighted by Crippen LogP contribution is 2.44. The van der Waals surface area contributed by atoms with Gasteiger partial charge in [-0.2, -0.15) is 35.9 Å². The number of nitrogens with zero attached hydrogens (tertiary/aromatic N) is 19. The topological polar surface area (TPSA) is 761 Å². The van der Waals surface area contributed by atoms with Crippen LogP contribution in [0.25, 0.3) is 80.1 Å². The van der Waals surface area contributed by atoms with Crippen molar-refractivity contribution in [2.45, 2.75) is 0 Å². The highest BCUT2D eigenvalue weighted by atomic mass is 32.1. The third kappa shape index (κ3) is 24.8. The summed E-state index contributed by atoms with van der Waals surface area (Å²) in [5.74, 6) is -9.21. The maximum absolute atomic E-state index is 11.0. The van der Waals surface area contributed by atoms with Crippen molar-refractivity contribution in [3.63, 3.8) is 0 Å². The first kappa shape index (κ1) is 95.9. The molecule has 13 rings (SSSR count). The van der Waals surface area contributed by atoms with E-state index in [1.54, 1.807) is 47.8 Å². The molecule has 0 amide bonds. The molecule has 49 heteroatoms. The van der Waals surface area contributed by atoms with Crippen LogP contribution < -0.4 is 4.74 Å². The number of nitro benzene ring substituents is 6. The van der Waals surface area contributed by atoms with Crippen LogP contribution in [-0.2, 0) is 0 Å². The maximum atomic E-state index is 11.0. The number of methoxy groups -OCH3 is 1. The number of phenols is 11. The van der Waals surface area contributed by atoms with Gasteiger partial charge in [-0.05, 0) is 154 Å². The molecule has 648 valence electrons. The predicted molar refractivity (Wildman–Crippen MR) is 464 cm³/mol. The Morgan fingerprint density at radius 2 is 0.715 bits per heavy atom. The quantitative estimate of drug-likeness (QED) is 0.0146. The second-order valence-corrected chi connectivity index (χ2v) is 28.1. The van der Waals surface area contributed by atoms with Gasteiger partial charge in [-0.25, -0.2) is 24.7 Å². The number of hydrogen-bond acceptors (Lipinski definition) is 42. The minimum atomic E-state index is -1.25. The second-order valence-electron chi connectivity index (χ2n) is 24.5. The van der Waals surface area contributed by atoms with Crippen LogP contribution in [-0.4, -0.2) is 138 Å². The van der Waals surface area contributed by atoms with E-state index in [1.165, 1.54) is 109 Å². The number of nitriles is 6. The molecule has 7 aromatic carbocycles. The SMILES string of the molecule is COc1c(O)cc(/C=C(\C#N)c2ccccn2)cc1[N+](=O)[O-].N#C/C(=C\c1cc(O)c(O)c([N+](=O)[O-])c1)c1ccccn1.N#C/C(=C\c1cc(O)c(O)c([N+](=O)[O-])c1)c1nc(C(=O)O)cs1.N#C/C(=C\c1cc(O)c(O)c([N+](=O)[O-])c1)c1nc2ccccc2s1.N#C/C(=C\c1cc(O)c(O)c([N+](=O)[O-])c1)c1nccs1.N#C/C(=C\c1cc(O)c(O)c([N+](=O)[O-])c1)c1ncns1. The summed E-state index contributed by atoms with van der Waals surface area (Å²) in [6.07, 6.45) is 13.8. The van der Waals surface area contributed by atoms with E-state index in [0.717, 1.165) is 93.7 Å². The van der Waals surface area contributed by atoms with Gasteiger partial charge in [0, 0.05) is 65.7 Å². The lowest BCUT2D eigenvalue weighted by Crippen LogP contribution is -1.96. The van der Waals surface area contributed by atoms with Crippen LogP contribution in [0.3, 0.4) is 0 Å². The molecule has 0 unspecified atom stereocenters. The van der Waals surface area contributed by atoms with Gasteiger partial charge in [-0.15, -0.1) is 34.0 Å². The molecular weight excluding hydrogens is 1780 g/mol. The Kier molecular flexibility index (Phi) is 32.6. The number of carboxylic acids is 1. The van der Waals surface area contributed by atoms with E-state index in [1.807, 2.05) is 54.6 Å². The molecule has 0 spiro atoms. The second kappa shape index (κ2) is 44.3. The number of fused-ring (bicyclic) bond motifs is 1. The Morgan fingerprint density at radius 3 is 1.02 bits per heavy atom. The van der Waals surface area contributed by atoms with Crippen LogP contribution in [0.15, 0.2) is 169 Å². The number of allylic oxidation sites excluding steroid dienone is 6. The third-order valence-electron chi connectivity index (χ3n) is 16.1. The molecule has 0 radical (unpaired) electrons. The monoisotopic (exact) mass is 1830 g/mol. The Hall–Kier alpha value is -19.6. The zero-order chi connectivity index (χ0) is 95.3. The number of benzene rings is 7. The molecule has 0 saturated heterocycles. The van der Waals surface area contributed by atoms with Gasteiger partial charge >= 0.3 is 40.1 Å².